The van der Waals surface area contributed by atoms with Crippen LogP contribution in [0.15, 0.2) is 18.2 Å². The van der Waals surface area contributed by atoms with E-state index in [2.05, 4.69) is 4.90 Å². The number of hydrogen-bond acceptors (Lipinski definition) is 1. The van der Waals surface area contributed by atoms with Crippen LogP contribution in [0.4, 0.5) is 8.78 Å². The van der Waals surface area contributed by atoms with Crippen LogP contribution in [0.3, 0.4) is 0 Å². The van der Waals surface area contributed by atoms with Crippen molar-refractivity contribution in [2.45, 2.75) is 19.4 Å². The van der Waals surface area contributed by atoms with E-state index in [9.17, 15) is 8.78 Å². The third-order valence-electron chi connectivity index (χ3n) is 3.29. The fourth-order valence-corrected chi connectivity index (χ4v) is 2.66. The maximum Gasteiger partial charge on any atom is 0.127 e. The first-order chi connectivity index (χ1) is 8.19. The maximum atomic E-state index is 13.5. The van der Waals surface area contributed by atoms with E-state index in [0.29, 0.717) is 23.9 Å². The fraction of sp³-hybridized carbons (Fsp3) is 0.538. The molecule has 17 heavy (non-hydrogen) atoms. The van der Waals surface area contributed by atoms with Crippen LogP contribution in [0.5, 0.6) is 0 Å². The van der Waals surface area contributed by atoms with Crippen LogP contribution in [0, 0.1) is 17.6 Å². The normalized spacial score (nSPS) is 21.0. The van der Waals surface area contributed by atoms with E-state index in [4.69, 9.17) is 11.6 Å². The minimum atomic E-state index is -0.377. The quantitative estimate of drug-likeness (QED) is 0.749. The van der Waals surface area contributed by atoms with Crippen molar-refractivity contribution in [3.05, 3.63) is 35.4 Å². The van der Waals surface area contributed by atoms with Gasteiger partial charge in [0.1, 0.15) is 11.6 Å². The molecule has 94 valence electrons. The van der Waals surface area contributed by atoms with E-state index < -0.39 is 0 Å². The van der Waals surface area contributed by atoms with Crippen molar-refractivity contribution in [3.63, 3.8) is 0 Å². The summed E-state index contributed by atoms with van der Waals surface area (Å²) >= 11 is 5.71. The Morgan fingerprint density at radius 2 is 2.18 bits per heavy atom. The average molecular weight is 260 g/mol. The molecular formula is C13H16ClF2N. The van der Waals surface area contributed by atoms with Crippen molar-refractivity contribution in [2.24, 2.45) is 5.92 Å². The van der Waals surface area contributed by atoms with Crippen LogP contribution >= 0.6 is 11.6 Å². The minimum Gasteiger partial charge on any atom is -0.299 e. The van der Waals surface area contributed by atoms with Gasteiger partial charge in [-0.15, -0.1) is 11.6 Å². The Labute approximate surface area is 105 Å². The molecule has 1 aromatic rings. The number of likely N-dealkylation sites (tertiary alicyclic amines) is 1. The van der Waals surface area contributed by atoms with Crippen LogP contribution in [0.2, 0.25) is 0 Å². The molecule has 0 radical (unpaired) electrons. The van der Waals surface area contributed by atoms with Gasteiger partial charge in [-0.05, 0) is 43.5 Å². The molecule has 0 spiro atoms. The molecule has 1 aromatic carbocycles. The summed E-state index contributed by atoms with van der Waals surface area (Å²) in [6.45, 7) is 2.36. The highest BCUT2D eigenvalue weighted by Crippen LogP contribution is 2.22. The number of hydrogen-bond donors (Lipinski definition) is 0. The number of halogens is 3. The zero-order valence-corrected chi connectivity index (χ0v) is 10.4. The Hall–Kier alpha value is -0.670. The van der Waals surface area contributed by atoms with Crippen molar-refractivity contribution in [2.75, 3.05) is 19.0 Å². The SMILES string of the molecule is Fc1ccc(F)c(CN2CCC(CCCl)C2)c1. The van der Waals surface area contributed by atoms with E-state index in [-0.39, 0.29) is 11.6 Å². The van der Waals surface area contributed by atoms with Crippen molar-refractivity contribution in [3.8, 4) is 0 Å². The van der Waals surface area contributed by atoms with Gasteiger partial charge >= 0.3 is 0 Å². The van der Waals surface area contributed by atoms with Crippen molar-refractivity contribution in [1.29, 1.82) is 0 Å². The van der Waals surface area contributed by atoms with Crippen molar-refractivity contribution >= 4 is 11.6 Å². The highest BCUT2D eigenvalue weighted by molar-refractivity contribution is 6.17. The number of rotatable bonds is 4. The van der Waals surface area contributed by atoms with Gasteiger partial charge in [0.2, 0.25) is 0 Å². The Morgan fingerprint density at radius 3 is 2.94 bits per heavy atom. The second kappa shape index (κ2) is 5.78. The zero-order valence-electron chi connectivity index (χ0n) is 9.63. The summed E-state index contributed by atoms with van der Waals surface area (Å²) in [5.74, 6) is 0.571. The molecule has 4 heteroatoms. The lowest BCUT2D eigenvalue weighted by Gasteiger charge is -2.16. The summed E-state index contributed by atoms with van der Waals surface area (Å²) < 4.78 is 26.5. The topological polar surface area (TPSA) is 3.24 Å². The molecule has 1 aliphatic heterocycles. The summed E-state index contributed by atoms with van der Waals surface area (Å²) in [5.41, 5.74) is 0.441. The van der Waals surface area contributed by atoms with E-state index in [1.54, 1.807) is 0 Å². The van der Waals surface area contributed by atoms with Gasteiger partial charge in [0, 0.05) is 24.5 Å². The molecule has 0 aromatic heterocycles. The summed E-state index contributed by atoms with van der Waals surface area (Å²) in [6, 6.07) is 3.63. The highest BCUT2D eigenvalue weighted by atomic mass is 35.5. The molecule has 0 amide bonds. The van der Waals surface area contributed by atoms with Crippen LogP contribution < -0.4 is 0 Å². The van der Waals surface area contributed by atoms with Crippen molar-refractivity contribution in [1.82, 2.24) is 4.90 Å². The maximum absolute atomic E-state index is 13.5. The van der Waals surface area contributed by atoms with Gasteiger partial charge < -0.3 is 0 Å². The Kier molecular flexibility index (Phi) is 4.35. The van der Waals surface area contributed by atoms with E-state index in [0.717, 1.165) is 32.0 Å². The van der Waals surface area contributed by atoms with Crippen LogP contribution in [0.1, 0.15) is 18.4 Å². The third kappa shape index (κ3) is 3.39. The van der Waals surface area contributed by atoms with Gasteiger partial charge in [0.25, 0.3) is 0 Å². The molecule has 1 heterocycles. The average Bonchev–Trinajstić information content (AvgIpc) is 2.72. The van der Waals surface area contributed by atoms with Crippen molar-refractivity contribution < 1.29 is 8.78 Å². The Morgan fingerprint density at radius 1 is 1.35 bits per heavy atom. The Bertz CT molecular complexity index is 384. The Balaban J connectivity index is 1.95. The lowest BCUT2D eigenvalue weighted by atomic mass is 10.1. The number of benzene rings is 1. The molecule has 0 aliphatic carbocycles. The summed E-state index contributed by atoms with van der Waals surface area (Å²) in [4.78, 5) is 2.16. The molecule has 1 fully saturated rings. The van der Waals surface area contributed by atoms with Crippen LogP contribution in [0.25, 0.3) is 0 Å². The zero-order chi connectivity index (χ0) is 12.3. The molecule has 0 N–H and O–H groups in total. The predicted molar refractivity (Wildman–Crippen MR) is 65.1 cm³/mol. The summed E-state index contributed by atoms with van der Waals surface area (Å²) in [5, 5.41) is 0. The largest absolute Gasteiger partial charge is 0.299 e. The fourth-order valence-electron chi connectivity index (χ4n) is 2.35. The van der Waals surface area contributed by atoms with E-state index in [1.165, 1.54) is 12.1 Å². The smallest absolute Gasteiger partial charge is 0.127 e. The second-order valence-corrected chi connectivity index (χ2v) is 4.98. The van der Waals surface area contributed by atoms with Crippen LogP contribution in [-0.4, -0.2) is 23.9 Å². The first kappa shape index (κ1) is 12.8. The van der Waals surface area contributed by atoms with Crippen LogP contribution in [-0.2, 0) is 6.54 Å². The molecule has 1 aliphatic rings. The second-order valence-electron chi connectivity index (χ2n) is 4.60. The predicted octanol–water partition coefficient (Wildman–Crippen LogP) is 3.42. The highest BCUT2D eigenvalue weighted by Gasteiger charge is 2.22. The molecule has 1 atom stereocenters. The van der Waals surface area contributed by atoms with E-state index >= 15 is 0 Å². The van der Waals surface area contributed by atoms with Gasteiger partial charge in [-0.1, -0.05) is 0 Å². The number of alkyl halides is 1. The molecule has 2 rings (SSSR count). The molecule has 1 saturated heterocycles. The first-order valence-electron chi connectivity index (χ1n) is 5.91. The molecular weight excluding hydrogens is 244 g/mol. The van der Waals surface area contributed by atoms with E-state index in [1.807, 2.05) is 0 Å². The summed E-state index contributed by atoms with van der Waals surface area (Å²) in [6.07, 6.45) is 2.10. The van der Waals surface area contributed by atoms with Gasteiger partial charge in [-0.2, -0.15) is 0 Å². The monoisotopic (exact) mass is 259 g/mol. The minimum absolute atomic E-state index is 0.327. The van der Waals surface area contributed by atoms with Gasteiger partial charge in [-0.3, -0.25) is 4.90 Å². The molecule has 0 bridgehead atoms. The van der Waals surface area contributed by atoms with Gasteiger partial charge in [-0.25, -0.2) is 8.78 Å². The molecule has 0 saturated carbocycles. The third-order valence-corrected chi connectivity index (χ3v) is 3.51. The molecule has 1 nitrogen and oxygen atoms in total. The molecule has 1 unspecified atom stereocenters. The first-order valence-corrected chi connectivity index (χ1v) is 6.44. The summed E-state index contributed by atoms with van der Waals surface area (Å²) in [7, 11) is 0. The number of nitrogens with zero attached hydrogens (tertiary/aromatic N) is 1. The lowest BCUT2D eigenvalue weighted by Crippen LogP contribution is -2.21. The van der Waals surface area contributed by atoms with Gasteiger partial charge in [0.05, 0.1) is 0 Å². The lowest BCUT2D eigenvalue weighted by molar-refractivity contribution is 0.309. The van der Waals surface area contributed by atoms with Gasteiger partial charge in [0.15, 0.2) is 0 Å². The standard InChI is InChI=1S/C13H16ClF2N/c14-5-3-10-4-6-17(8-10)9-11-7-12(15)1-2-13(11)16/h1-2,7,10H,3-6,8-9H2.